The number of rotatable bonds is 6. The van der Waals surface area contributed by atoms with Gasteiger partial charge in [0.15, 0.2) is 0 Å². The van der Waals surface area contributed by atoms with Gasteiger partial charge in [-0.05, 0) is 37.1 Å². The maximum absolute atomic E-state index is 5.37. The summed E-state index contributed by atoms with van der Waals surface area (Å²) in [5.74, 6) is 0. The first-order valence-corrected chi connectivity index (χ1v) is 5.77. The predicted octanol–water partition coefficient (Wildman–Crippen LogP) is 1.93. The van der Waals surface area contributed by atoms with Gasteiger partial charge < -0.3 is 11.1 Å². The van der Waals surface area contributed by atoms with Gasteiger partial charge in [-0.2, -0.15) is 0 Å². The second kappa shape index (κ2) is 6.98. The molecule has 0 aliphatic carbocycles. The van der Waals surface area contributed by atoms with E-state index < -0.39 is 0 Å². The molecule has 1 rings (SSSR count). The SMILES string of the molecule is NCCNCCCc1ccc(Br)cc1. The second-order valence-corrected chi connectivity index (χ2v) is 4.18. The Morgan fingerprint density at radius 3 is 2.50 bits per heavy atom. The Morgan fingerprint density at radius 1 is 1.14 bits per heavy atom. The van der Waals surface area contributed by atoms with Crippen molar-refractivity contribution in [3.05, 3.63) is 34.3 Å². The third kappa shape index (κ3) is 4.74. The number of aryl methyl sites for hydroxylation is 1. The minimum absolute atomic E-state index is 0.721. The molecule has 1 aromatic carbocycles. The van der Waals surface area contributed by atoms with E-state index in [2.05, 4.69) is 45.5 Å². The first-order chi connectivity index (χ1) is 6.83. The molecule has 14 heavy (non-hydrogen) atoms. The van der Waals surface area contributed by atoms with Crippen molar-refractivity contribution >= 4 is 15.9 Å². The zero-order chi connectivity index (χ0) is 10.2. The minimum Gasteiger partial charge on any atom is -0.329 e. The summed E-state index contributed by atoms with van der Waals surface area (Å²) in [6.45, 7) is 2.69. The lowest BCUT2D eigenvalue weighted by atomic mass is 10.1. The standard InChI is InChI=1S/C11H17BrN2/c12-11-5-3-10(4-6-11)2-1-8-14-9-7-13/h3-6,14H,1-2,7-9,13H2. The van der Waals surface area contributed by atoms with E-state index >= 15 is 0 Å². The average molecular weight is 257 g/mol. The molecule has 0 atom stereocenters. The van der Waals surface area contributed by atoms with E-state index in [-0.39, 0.29) is 0 Å². The van der Waals surface area contributed by atoms with Crippen LogP contribution in [0, 0.1) is 0 Å². The van der Waals surface area contributed by atoms with E-state index in [1.807, 2.05) is 0 Å². The Balaban J connectivity index is 2.15. The van der Waals surface area contributed by atoms with E-state index in [1.54, 1.807) is 0 Å². The number of nitrogens with two attached hydrogens (primary N) is 1. The van der Waals surface area contributed by atoms with Crippen molar-refractivity contribution < 1.29 is 0 Å². The summed E-state index contributed by atoms with van der Waals surface area (Å²) in [6.07, 6.45) is 2.30. The van der Waals surface area contributed by atoms with Crippen molar-refractivity contribution in [2.75, 3.05) is 19.6 Å². The first kappa shape index (κ1) is 11.7. The van der Waals surface area contributed by atoms with Gasteiger partial charge >= 0.3 is 0 Å². The zero-order valence-electron chi connectivity index (χ0n) is 8.30. The highest BCUT2D eigenvalue weighted by Crippen LogP contribution is 2.11. The van der Waals surface area contributed by atoms with Gasteiger partial charge in [-0.1, -0.05) is 28.1 Å². The van der Waals surface area contributed by atoms with Crippen LogP contribution in [0.1, 0.15) is 12.0 Å². The van der Waals surface area contributed by atoms with Crippen molar-refractivity contribution in [3.63, 3.8) is 0 Å². The van der Waals surface area contributed by atoms with Crippen LogP contribution in [0.5, 0.6) is 0 Å². The lowest BCUT2D eigenvalue weighted by molar-refractivity contribution is 0.653. The van der Waals surface area contributed by atoms with Crippen LogP contribution < -0.4 is 11.1 Å². The first-order valence-electron chi connectivity index (χ1n) is 4.98. The molecule has 1 aromatic rings. The van der Waals surface area contributed by atoms with Crippen molar-refractivity contribution in [2.24, 2.45) is 5.73 Å². The summed E-state index contributed by atoms with van der Waals surface area (Å²) >= 11 is 3.42. The summed E-state index contributed by atoms with van der Waals surface area (Å²) in [7, 11) is 0. The zero-order valence-corrected chi connectivity index (χ0v) is 9.89. The quantitative estimate of drug-likeness (QED) is 0.764. The predicted molar refractivity (Wildman–Crippen MR) is 64.4 cm³/mol. The van der Waals surface area contributed by atoms with Crippen LogP contribution in [-0.4, -0.2) is 19.6 Å². The Labute approximate surface area is 94.0 Å². The molecule has 78 valence electrons. The van der Waals surface area contributed by atoms with Crippen molar-refractivity contribution in [3.8, 4) is 0 Å². The summed E-state index contributed by atoms with van der Waals surface area (Å²) in [5.41, 5.74) is 6.76. The Morgan fingerprint density at radius 2 is 1.86 bits per heavy atom. The van der Waals surface area contributed by atoms with E-state index in [9.17, 15) is 0 Å². The molecule has 0 heterocycles. The molecule has 0 saturated heterocycles. The van der Waals surface area contributed by atoms with Gasteiger partial charge in [0, 0.05) is 17.6 Å². The third-order valence-corrected chi connectivity index (χ3v) is 2.58. The fourth-order valence-electron chi connectivity index (χ4n) is 1.30. The molecule has 0 unspecified atom stereocenters. The number of nitrogens with one attached hydrogen (secondary N) is 1. The molecule has 0 spiro atoms. The van der Waals surface area contributed by atoms with E-state index in [1.165, 1.54) is 12.0 Å². The van der Waals surface area contributed by atoms with Crippen LogP contribution in [0.4, 0.5) is 0 Å². The number of halogens is 1. The molecule has 0 aliphatic heterocycles. The van der Waals surface area contributed by atoms with Gasteiger partial charge in [-0.25, -0.2) is 0 Å². The van der Waals surface area contributed by atoms with Gasteiger partial charge in [0.25, 0.3) is 0 Å². The summed E-state index contributed by atoms with van der Waals surface area (Å²) in [4.78, 5) is 0. The normalized spacial score (nSPS) is 10.4. The van der Waals surface area contributed by atoms with Crippen LogP contribution in [0.15, 0.2) is 28.7 Å². The molecule has 3 N–H and O–H groups in total. The second-order valence-electron chi connectivity index (χ2n) is 3.27. The largest absolute Gasteiger partial charge is 0.329 e. The van der Waals surface area contributed by atoms with Crippen LogP contribution in [0.2, 0.25) is 0 Å². The lowest BCUT2D eigenvalue weighted by Gasteiger charge is -2.03. The third-order valence-electron chi connectivity index (χ3n) is 2.05. The Bertz CT molecular complexity index is 246. The van der Waals surface area contributed by atoms with Crippen molar-refractivity contribution in [1.29, 1.82) is 0 Å². The summed E-state index contributed by atoms with van der Waals surface area (Å²) < 4.78 is 1.14. The molecule has 0 bridgehead atoms. The monoisotopic (exact) mass is 256 g/mol. The molecule has 0 aromatic heterocycles. The molecule has 3 heteroatoms. The minimum atomic E-state index is 0.721. The van der Waals surface area contributed by atoms with Crippen molar-refractivity contribution in [2.45, 2.75) is 12.8 Å². The highest BCUT2D eigenvalue weighted by atomic mass is 79.9. The molecule has 0 fully saturated rings. The lowest BCUT2D eigenvalue weighted by Crippen LogP contribution is -2.23. The molecule has 0 amide bonds. The average Bonchev–Trinajstić information content (AvgIpc) is 2.21. The molecule has 2 nitrogen and oxygen atoms in total. The smallest absolute Gasteiger partial charge is 0.0175 e. The van der Waals surface area contributed by atoms with Gasteiger partial charge in [0.05, 0.1) is 0 Å². The van der Waals surface area contributed by atoms with Crippen LogP contribution in [0.3, 0.4) is 0 Å². The van der Waals surface area contributed by atoms with E-state index in [4.69, 9.17) is 5.73 Å². The summed E-state index contributed by atoms with van der Waals surface area (Å²) in [5, 5.41) is 3.28. The summed E-state index contributed by atoms with van der Waals surface area (Å²) in [6, 6.07) is 8.49. The topological polar surface area (TPSA) is 38.0 Å². The van der Waals surface area contributed by atoms with Gasteiger partial charge in [0.1, 0.15) is 0 Å². The van der Waals surface area contributed by atoms with E-state index in [0.717, 1.165) is 30.5 Å². The number of hydrogen-bond donors (Lipinski definition) is 2. The Kier molecular flexibility index (Phi) is 5.83. The molecule has 0 saturated carbocycles. The fraction of sp³-hybridized carbons (Fsp3) is 0.455. The van der Waals surface area contributed by atoms with Gasteiger partial charge in [0.2, 0.25) is 0 Å². The van der Waals surface area contributed by atoms with Crippen LogP contribution in [-0.2, 0) is 6.42 Å². The van der Waals surface area contributed by atoms with Crippen molar-refractivity contribution in [1.82, 2.24) is 5.32 Å². The molecule has 0 aliphatic rings. The van der Waals surface area contributed by atoms with Crippen LogP contribution >= 0.6 is 15.9 Å². The van der Waals surface area contributed by atoms with Crippen LogP contribution in [0.25, 0.3) is 0 Å². The maximum atomic E-state index is 5.37. The van der Waals surface area contributed by atoms with Gasteiger partial charge in [-0.3, -0.25) is 0 Å². The maximum Gasteiger partial charge on any atom is 0.0175 e. The fourth-order valence-corrected chi connectivity index (χ4v) is 1.56. The van der Waals surface area contributed by atoms with E-state index in [0.29, 0.717) is 0 Å². The number of benzene rings is 1. The highest BCUT2D eigenvalue weighted by molar-refractivity contribution is 9.10. The van der Waals surface area contributed by atoms with Gasteiger partial charge in [-0.15, -0.1) is 0 Å². The molecular weight excluding hydrogens is 240 g/mol. The number of hydrogen-bond acceptors (Lipinski definition) is 2. The molecular formula is C11H17BrN2. The Hall–Kier alpha value is -0.380. The highest BCUT2D eigenvalue weighted by Gasteiger charge is 1.92. The molecule has 0 radical (unpaired) electrons.